The first kappa shape index (κ1) is 13.9. The van der Waals surface area contributed by atoms with Gasteiger partial charge in [0.2, 0.25) is 0 Å². The molecule has 1 aromatic rings. The molecule has 1 N–H and O–H groups in total. The fraction of sp³-hybridized carbons (Fsp3) is 0.462. The van der Waals surface area contributed by atoms with Crippen molar-refractivity contribution >= 4 is 17.4 Å². The Hall–Kier alpha value is -1.18. The lowest BCUT2D eigenvalue weighted by molar-refractivity contribution is 0.199. The van der Waals surface area contributed by atoms with Crippen molar-refractivity contribution in [2.75, 3.05) is 30.5 Å². The molecule has 3 nitrogen and oxygen atoms in total. The molecular formula is C13H18N2OS. The van der Waals surface area contributed by atoms with E-state index in [4.69, 9.17) is 5.26 Å². The molecule has 1 atom stereocenters. The van der Waals surface area contributed by atoms with Crippen molar-refractivity contribution in [3.63, 3.8) is 0 Å². The normalized spacial score (nSPS) is 11.9. The van der Waals surface area contributed by atoms with Gasteiger partial charge in [0.1, 0.15) is 0 Å². The second kappa shape index (κ2) is 6.53. The van der Waals surface area contributed by atoms with E-state index in [0.717, 1.165) is 23.5 Å². The van der Waals surface area contributed by atoms with Crippen LogP contribution in [0.5, 0.6) is 0 Å². The molecule has 4 heteroatoms. The molecule has 0 spiro atoms. The van der Waals surface area contributed by atoms with Gasteiger partial charge >= 0.3 is 0 Å². The highest BCUT2D eigenvalue weighted by atomic mass is 32.2. The first-order valence-corrected chi connectivity index (χ1v) is 6.91. The fourth-order valence-corrected chi connectivity index (χ4v) is 2.10. The zero-order valence-electron chi connectivity index (χ0n) is 10.5. The average Bonchev–Trinajstić information content (AvgIpc) is 2.34. The molecule has 0 heterocycles. The number of nitrogens with zero attached hydrogens (tertiary/aromatic N) is 2. The van der Waals surface area contributed by atoms with Gasteiger partial charge in [0, 0.05) is 30.6 Å². The van der Waals surface area contributed by atoms with Crippen LogP contribution in [0.25, 0.3) is 0 Å². The van der Waals surface area contributed by atoms with Crippen LogP contribution in [0.2, 0.25) is 0 Å². The lowest BCUT2D eigenvalue weighted by Crippen LogP contribution is -2.22. The van der Waals surface area contributed by atoms with Gasteiger partial charge in [0.25, 0.3) is 0 Å². The topological polar surface area (TPSA) is 47.3 Å². The molecule has 0 unspecified atom stereocenters. The number of nitriles is 1. The Morgan fingerprint density at radius 1 is 1.53 bits per heavy atom. The van der Waals surface area contributed by atoms with Gasteiger partial charge < -0.3 is 10.0 Å². The molecule has 0 amide bonds. The van der Waals surface area contributed by atoms with Gasteiger partial charge in [-0.2, -0.15) is 17.0 Å². The monoisotopic (exact) mass is 250 g/mol. The summed E-state index contributed by atoms with van der Waals surface area (Å²) < 4.78 is 0. The number of rotatable bonds is 5. The quantitative estimate of drug-likeness (QED) is 0.871. The van der Waals surface area contributed by atoms with Crippen LogP contribution in [-0.2, 0) is 0 Å². The van der Waals surface area contributed by atoms with E-state index in [1.165, 1.54) is 0 Å². The third kappa shape index (κ3) is 3.65. The summed E-state index contributed by atoms with van der Waals surface area (Å²) in [7, 11) is 1.98. The van der Waals surface area contributed by atoms with Gasteiger partial charge in [-0.3, -0.25) is 0 Å². The first-order chi connectivity index (χ1) is 8.10. The first-order valence-electron chi connectivity index (χ1n) is 5.52. The minimum atomic E-state index is -0.519. The highest BCUT2D eigenvalue weighted by Gasteiger charge is 2.12. The second-order valence-electron chi connectivity index (χ2n) is 3.98. The zero-order valence-corrected chi connectivity index (χ0v) is 11.3. The van der Waals surface area contributed by atoms with Crippen molar-refractivity contribution < 1.29 is 5.11 Å². The van der Waals surface area contributed by atoms with Crippen LogP contribution in [0, 0.1) is 11.3 Å². The van der Waals surface area contributed by atoms with Crippen molar-refractivity contribution in [1.82, 2.24) is 0 Å². The molecule has 0 saturated carbocycles. The van der Waals surface area contributed by atoms with E-state index in [-0.39, 0.29) is 0 Å². The maximum atomic E-state index is 9.73. The third-order valence-electron chi connectivity index (χ3n) is 2.65. The van der Waals surface area contributed by atoms with Crippen LogP contribution in [0.1, 0.15) is 24.2 Å². The van der Waals surface area contributed by atoms with E-state index in [2.05, 4.69) is 17.2 Å². The smallest absolute Gasteiger partial charge is 0.0992 e. The maximum Gasteiger partial charge on any atom is 0.0992 e. The Labute approximate surface area is 107 Å². The molecule has 0 radical (unpaired) electrons. The number of thioether (sulfide) groups is 1. The molecule has 0 aromatic heterocycles. The van der Waals surface area contributed by atoms with Crippen LogP contribution in [0.4, 0.5) is 5.69 Å². The van der Waals surface area contributed by atoms with Gasteiger partial charge in [-0.25, -0.2) is 0 Å². The fourth-order valence-electron chi connectivity index (χ4n) is 1.65. The van der Waals surface area contributed by atoms with Crippen molar-refractivity contribution in [2.45, 2.75) is 13.0 Å². The minimum Gasteiger partial charge on any atom is -0.389 e. The molecule has 0 bridgehead atoms. The predicted molar refractivity (Wildman–Crippen MR) is 73.4 cm³/mol. The van der Waals surface area contributed by atoms with Gasteiger partial charge in [0.15, 0.2) is 0 Å². The summed E-state index contributed by atoms with van der Waals surface area (Å²) in [5.41, 5.74) is 2.43. The van der Waals surface area contributed by atoms with E-state index < -0.39 is 6.10 Å². The van der Waals surface area contributed by atoms with Crippen molar-refractivity contribution in [3.8, 4) is 6.07 Å². The average molecular weight is 250 g/mol. The van der Waals surface area contributed by atoms with Crippen LogP contribution in [0.15, 0.2) is 18.2 Å². The molecule has 0 aliphatic heterocycles. The van der Waals surface area contributed by atoms with E-state index in [9.17, 15) is 5.11 Å². The molecule has 0 aliphatic carbocycles. The lowest BCUT2D eigenvalue weighted by atomic mass is 10.0. The minimum absolute atomic E-state index is 0.519. The van der Waals surface area contributed by atoms with E-state index in [1.54, 1.807) is 24.8 Å². The Kier molecular flexibility index (Phi) is 5.33. The van der Waals surface area contributed by atoms with Crippen molar-refractivity contribution in [2.24, 2.45) is 0 Å². The highest BCUT2D eigenvalue weighted by molar-refractivity contribution is 7.98. The summed E-state index contributed by atoms with van der Waals surface area (Å²) in [6, 6.07) is 7.54. The number of aliphatic hydroxyl groups excluding tert-OH is 1. The Bertz CT molecular complexity index is 412. The van der Waals surface area contributed by atoms with E-state index in [1.807, 2.05) is 19.2 Å². The molecular weight excluding hydrogens is 232 g/mol. The van der Waals surface area contributed by atoms with Gasteiger partial charge in [-0.15, -0.1) is 0 Å². The summed E-state index contributed by atoms with van der Waals surface area (Å²) >= 11 is 1.78. The predicted octanol–water partition coefficient (Wildman–Crippen LogP) is 2.41. The SMILES string of the molecule is CSCCN(C)c1cc(C#N)ccc1[C@@H](C)O. The zero-order chi connectivity index (χ0) is 12.8. The number of hydrogen-bond acceptors (Lipinski definition) is 4. The molecule has 0 fully saturated rings. The summed E-state index contributed by atoms with van der Waals surface area (Å²) in [6.07, 6.45) is 1.55. The van der Waals surface area contributed by atoms with Crippen molar-refractivity contribution in [3.05, 3.63) is 29.3 Å². The number of aliphatic hydroxyl groups is 1. The van der Waals surface area contributed by atoms with Crippen LogP contribution >= 0.6 is 11.8 Å². The second-order valence-corrected chi connectivity index (χ2v) is 4.96. The van der Waals surface area contributed by atoms with Gasteiger partial charge in [0.05, 0.1) is 17.7 Å². The number of hydrogen-bond donors (Lipinski definition) is 1. The Morgan fingerprint density at radius 2 is 2.24 bits per heavy atom. The molecule has 1 aromatic carbocycles. The van der Waals surface area contributed by atoms with Gasteiger partial charge in [-0.1, -0.05) is 6.07 Å². The van der Waals surface area contributed by atoms with Gasteiger partial charge in [-0.05, 0) is 25.3 Å². The maximum absolute atomic E-state index is 9.73. The molecule has 0 aliphatic rings. The number of benzene rings is 1. The Morgan fingerprint density at radius 3 is 2.76 bits per heavy atom. The lowest BCUT2D eigenvalue weighted by Gasteiger charge is -2.23. The molecule has 17 heavy (non-hydrogen) atoms. The van der Waals surface area contributed by atoms with Crippen LogP contribution in [-0.4, -0.2) is 30.7 Å². The van der Waals surface area contributed by atoms with E-state index in [0.29, 0.717) is 5.56 Å². The van der Waals surface area contributed by atoms with Crippen LogP contribution < -0.4 is 4.90 Å². The molecule has 1 rings (SSSR count). The standard InChI is InChI=1S/C13H18N2OS/c1-10(16)12-5-4-11(9-14)8-13(12)15(2)6-7-17-3/h4-5,8,10,16H,6-7H2,1-3H3/t10-/m1/s1. The summed E-state index contributed by atoms with van der Waals surface area (Å²) in [5.74, 6) is 1.02. The van der Waals surface area contributed by atoms with Crippen LogP contribution in [0.3, 0.4) is 0 Å². The summed E-state index contributed by atoms with van der Waals surface area (Å²) in [4.78, 5) is 2.08. The van der Waals surface area contributed by atoms with Crippen molar-refractivity contribution in [1.29, 1.82) is 5.26 Å². The largest absolute Gasteiger partial charge is 0.389 e. The highest BCUT2D eigenvalue weighted by Crippen LogP contribution is 2.26. The summed E-state index contributed by atoms with van der Waals surface area (Å²) in [6.45, 7) is 2.64. The number of anilines is 1. The Balaban J connectivity index is 3.04. The third-order valence-corrected chi connectivity index (χ3v) is 3.24. The molecule has 92 valence electrons. The summed E-state index contributed by atoms with van der Waals surface area (Å²) in [5, 5.41) is 18.6. The van der Waals surface area contributed by atoms with E-state index >= 15 is 0 Å². The molecule has 0 saturated heterocycles.